The van der Waals surface area contributed by atoms with Crippen molar-refractivity contribution in [2.75, 3.05) is 39.4 Å². The molecule has 1 saturated carbocycles. The number of likely N-dealkylation sites (N-methyl/N-ethyl adjacent to an activating group) is 1. The van der Waals surface area contributed by atoms with Crippen molar-refractivity contribution < 1.29 is 23.2 Å². The molecule has 0 spiro atoms. The van der Waals surface area contributed by atoms with E-state index in [1.165, 1.54) is 24.3 Å². The van der Waals surface area contributed by atoms with Crippen molar-refractivity contribution in [2.24, 2.45) is 5.92 Å². The molecule has 1 fully saturated rings. The number of aliphatic hydroxyl groups excluding tert-OH is 1. The maximum absolute atomic E-state index is 12.4. The standard InChI is InChI=1S/C21H35N3O6S/c1-2-23(14-15-25)13-3-4-16-30-20-9-5-18(6-10-20)17-22-31(28,29)21-11-7-19(8-12-21)24(26)27/h7-8,11-12,18,20,22,25H,2-6,9-10,13-17H2,1H3. The van der Waals surface area contributed by atoms with Crippen LogP contribution in [-0.4, -0.2) is 68.8 Å². The third-order valence-corrected chi connectivity index (χ3v) is 7.24. The number of nitrogens with one attached hydrogen (secondary N) is 1. The molecule has 0 amide bonds. The molecule has 9 nitrogen and oxygen atoms in total. The lowest BCUT2D eigenvalue weighted by Crippen LogP contribution is -2.33. The third-order valence-electron chi connectivity index (χ3n) is 5.80. The molecule has 0 radical (unpaired) electrons. The monoisotopic (exact) mass is 457 g/mol. The molecule has 0 heterocycles. The van der Waals surface area contributed by atoms with Gasteiger partial charge in [0.15, 0.2) is 0 Å². The first kappa shape index (κ1) is 25.7. The van der Waals surface area contributed by atoms with E-state index in [0.29, 0.717) is 6.54 Å². The summed E-state index contributed by atoms with van der Waals surface area (Å²) in [5.41, 5.74) is -0.134. The number of non-ortho nitro benzene ring substituents is 1. The summed E-state index contributed by atoms with van der Waals surface area (Å²) in [6.45, 7) is 6.02. The summed E-state index contributed by atoms with van der Waals surface area (Å²) in [7, 11) is -3.67. The van der Waals surface area contributed by atoms with Crippen LogP contribution in [0.2, 0.25) is 0 Å². The Balaban J connectivity index is 1.63. The second-order valence-electron chi connectivity index (χ2n) is 7.98. The lowest BCUT2D eigenvalue weighted by Gasteiger charge is -2.28. The van der Waals surface area contributed by atoms with E-state index in [1.807, 2.05) is 0 Å². The molecule has 1 aromatic carbocycles. The largest absolute Gasteiger partial charge is 0.395 e. The second kappa shape index (κ2) is 13.1. The zero-order chi connectivity index (χ0) is 22.7. The highest BCUT2D eigenvalue weighted by atomic mass is 32.2. The Bertz CT molecular complexity index is 764. The van der Waals surface area contributed by atoms with Crippen molar-refractivity contribution in [3.63, 3.8) is 0 Å². The minimum Gasteiger partial charge on any atom is -0.395 e. The fourth-order valence-electron chi connectivity index (χ4n) is 3.82. The maximum atomic E-state index is 12.4. The van der Waals surface area contributed by atoms with Gasteiger partial charge in [-0.15, -0.1) is 0 Å². The van der Waals surface area contributed by atoms with Crippen molar-refractivity contribution >= 4 is 15.7 Å². The molecule has 2 rings (SSSR count). The van der Waals surface area contributed by atoms with Gasteiger partial charge >= 0.3 is 0 Å². The predicted molar refractivity (Wildman–Crippen MR) is 118 cm³/mol. The molecule has 0 bridgehead atoms. The molecule has 1 aliphatic carbocycles. The maximum Gasteiger partial charge on any atom is 0.269 e. The zero-order valence-corrected chi connectivity index (χ0v) is 19.1. The number of rotatable bonds is 14. The third kappa shape index (κ3) is 8.82. The van der Waals surface area contributed by atoms with Crippen LogP contribution in [0.3, 0.4) is 0 Å². The second-order valence-corrected chi connectivity index (χ2v) is 9.75. The van der Waals surface area contributed by atoms with E-state index in [0.717, 1.165) is 64.8 Å². The van der Waals surface area contributed by atoms with Crippen LogP contribution < -0.4 is 4.72 Å². The number of benzene rings is 1. The van der Waals surface area contributed by atoms with Gasteiger partial charge in [-0.3, -0.25) is 10.1 Å². The van der Waals surface area contributed by atoms with Gasteiger partial charge in [-0.1, -0.05) is 6.92 Å². The van der Waals surface area contributed by atoms with Gasteiger partial charge in [0.05, 0.1) is 22.5 Å². The van der Waals surface area contributed by atoms with Crippen LogP contribution in [0.25, 0.3) is 0 Å². The topological polar surface area (TPSA) is 122 Å². The predicted octanol–water partition coefficient (Wildman–Crippen LogP) is 2.54. The van der Waals surface area contributed by atoms with Gasteiger partial charge in [-0.2, -0.15) is 0 Å². The van der Waals surface area contributed by atoms with Gasteiger partial charge in [0.25, 0.3) is 5.69 Å². The van der Waals surface area contributed by atoms with Gasteiger partial charge in [-0.25, -0.2) is 13.1 Å². The van der Waals surface area contributed by atoms with Crippen LogP contribution in [0, 0.1) is 16.0 Å². The molecule has 0 saturated heterocycles. The van der Waals surface area contributed by atoms with Crippen LogP contribution in [0.1, 0.15) is 45.4 Å². The molecule has 31 heavy (non-hydrogen) atoms. The number of hydrogen-bond acceptors (Lipinski definition) is 7. The van der Waals surface area contributed by atoms with E-state index < -0.39 is 14.9 Å². The summed E-state index contributed by atoms with van der Waals surface area (Å²) in [5, 5.41) is 19.7. The quantitative estimate of drug-likeness (QED) is 0.250. The summed E-state index contributed by atoms with van der Waals surface area (Å²) in [4.78, 5) is 12.4. The summed E-state index contributed by atoms with van der Waals surface area (Å²) in [6, 6.07) is 4.91. The first-order chi connectivity index (χ1) is 14.9. The van der Waals surface area contributed by atoms with Gasteiger partial charge in [0, 0.05) is 31.8 Å². The number of sulfonamides is 1. The summed E-state index contributed by atoms with van der Waals surface area (Å²) >= 11 is 0. The Morgan fingerprint density at radius 1 is 1.16 bits per heavy atom. The average Bonchev–Trinajstić information content (AvgIpc) is 2.77. The van der Waals surface area contributed by atoms with E-state index in [2.05, 4.69) is 16.5 Å². The molecule has 1 aliphatic rings. The average molecular weight is 458 g/mol. The molecule has 0 atom stereocenters. The van der Waals surface area contributed by atoms with E-state index in [-0.39, 0.29) is 29.2 Å². The Hall–Kier alpha value is -1.59. The van der Waals surface area contributed by atoms with Crippen LogP contribution >= 0.6 is 0 Å². The molecule has 176 valence electrons. The highest BCUT2D eigenvalue weighted by Crippen LogP contribution is 2.26. The Labute approximate surface area is 185 Å². The SMILES string of the molecule is CCN(CCO)CCCCOC1CCC(CNS(=O)(=O)c2ccc([N+](=O)[O-])cc2)CC1. The molecule has 1 aromatic rings. The van der Waals surface area contributed by atoms with Crippen LogP contribution in [0.4, 0.5) is 5.69 Å². The number of nitro benzene ring substituents is 1. The lowest BCUT2D eigenvalue weighted by atomic mass is 9.87. The Morgan fingerprint density at radius 3 is 2.42 bits per heavy atom. The summed E-state index contributed by atoms with van der Waals surface area (Å²) in [6.07, 6.45) is 5.96. The zero-order valence-electron chi connectivity index (χ0n) is 18.2. The van der Waals surface area contributed by atoms with Crippen molar-refractivity contribution in [1.82, 2.24) is 9.62 Å². The highest BCUT2D eigenvalue weighted by Gasteiger charge is 2.24. The fraction of sp³-hybridized carbons (Fsp3) is 0.714. The molecule has 2 N–H and O–H groups in total. The molecular weight excluding hydrogens is 422 g/mol. The lowest BCUT2D eigenvalue weighted by molar-refractivity contribution is -0.384. The molecule has 10 heteroatoms. The summed E-state index contributed by atoms with van der Waals surface area (Å²) < 4.78 is 33.4. The minimum absolute atomic E-state index is 0.0377. The van der Waals surface area contributed by atoms with E-state index >= 15 is 0 Å². The number of hydrogen-bond donors (Lipinski definition) is 2. The van der Waals surface area contributed by atoms with E-state index in [9.17, 15) is 18.5 Å². The smallest absolute Gasteiger partial charge is 0.269 e. The highest BCUT2D eigenvalue weighted by molar-refractivity contribution is 7.89. The van der Waals surface area contributed by atoms with Gasteiger partial charge < -0.3 is 14.7 Å². The van der Waals surface area contributed by atoms with Gasteiger partial charge in [0.2, 0.25) is 10.0 Å². The number of aliphatic hydroxyl groups is 1. The molecule has 0 aromatic heterocycles. The van der Waals surface area contributed by atoms with Crippen molar-refractivity contribution in [3.05, 3.63) is 34.4 Å². The van der Waals surface area contributed by atoms with Crippen LogP contribution in [-0.2, 0) is 14.8 Å². The first-order valence-corrected chi connectivity index (χ1v) is 12.5. The number of unbranched alkanes of at least 4 members (excludes halogenated alkanes) is 1. The Kier molecular flexibility index (Phi) is 10.8. The van der Waals surface area contributed by atoms with Crippen molar-refractivity contribution in [3.8, 4) is 0 Å². The minimum atomic E-state index is -3.67. The first-order valence-electron chi connectivity index (χ1n) is 11.0. The Morgan fingerprint density at radius 2 is 1.84 bits per heavy atom. The van der Waals surface area contributed by atoms with Gasteiger partial charge in [0.1, 0.15) is 0 Å². The number of nitrogens with zero attached hydrogens (tertiary/aromatic N) is 2. The van der Waals surface area contributed by atoms with E-state index in [1.54, 1.807) is 0 Å². The van der Waals surface area contributed by atoms with Gasteiger partial charge in [-0.05, 0) is 69.7 Å². The van der Waals surface area contributed by atoms with Crippen LogP contribution in [0.15, 0.2) is 29.2 Å². The van der Waals surface area contributed by atoms with Crippen LogP contribution in [0.5, 0.6) is 0 Å². The summed E-state index contributed by atoms with van der Waals surface area (Å²) in [5.74, 6) is 0.268. The van der Waals surface area contributed by atoms with Crippen molar-refractivity contribution in [2.45, 2.75) is 56.4 Å². The molecular formula is C21H35N3O6S. The van der Waals surface area contributed by atoms with Crippen molar-refractivity contribution in [1.29, 1.82) is 0 Å². The fourth-order valence-corrected chi connectivity index (χ4v) is 4.93. The normalized spacial score (nSPS) is 19.6. The van der Waals surface area contributed by atoms with E-state index in [4.69, 9.17) is 9.84 Å². The number of ether oxygens (including phenoxy) is 1. The number of nitro groups is 1. The molecule has 0 aliphatic heterocycles. The molecule has 0 unspecified atom stereocenters.